The SMILES string of the molecule is CC1(C)C(O)CCC2(C)C3CCC4(C)C(C5COC(=O)C(O)(C(C)(C)O)C5)CCC4(C)C3=CCC12. The molecular formula is C30H48O5. The van der Waals surface area contributed by atoms with Gasteiger partial charge in [-0.05, 0) is 111 Å². The van der Waals surface area contributed by atoms with Crippen LogP contribution in [-0.2, 0) is 9.53 Å². The highest BCUT2D eigenvalue weighted by atomic mass is 16.6. The van der Waals surface area contributed by atoms with E-state index in [0.717, 1.165) is 44.9 Å². The Morgan fingerprint density at radius 3 is 2.37 bits per heavy atom. The van der Waals surface area contributed by atoms with E-state index >= 15 is 0 Å². The van der Waals surface area contributed by atoms with Crippen LogP contribution in [0.3, 0.4) is 0 Å². The summed E-state index contributed by atoms with van der Waals surface area (Å²) in [7, 11) is 0. The van der Waals surface area contributed by atoms with E-state index < -0.39 is 17.2 Å². The number of allylic oxidation sites excluding steroid dienone is 2. The van der Waals surface area contributed by atoms with Gasteiger partial charge in [0.1, 0.15) is 0 Å². The Balaban J connectivity index is 1.47. The van der Waals surface area contributed by atoms with Crippen LogP contribution in [0.2, 0.25) is 0 Å². The van der Waals surface area contributed by atoms with Gasteiger partial charge in [0.05, 0.1) is 18.3 Å². The van der Waals surface area contributed by atoms with Gasteiger partial charge in [0.25, 0.3) is 0 Å². The average molecular weight is 489 g/mol. The van der Waals surface area contributed by atoms with Crippen molar-refractivity contribution in [1.29, 1.82) is 0 Å². The number of fused-ring (bicyclic) bond motifs is 5. The Morgan fingerprint density at radius 2 is 1.71 bits per heavy atom. The Bertz CT molecular complexity index is 932. The van der Waals surface area contributed by atoms with Crippen molar-refractivity contribution in [1.82, 2.24) is 0 Å². The van der Waals surface area contributed by atoms with Gasteiger partial charge in [-0.1, -0.05) is 46.3 Å². The second kappa shape index (κ2) is 7.57. The highest BCUT2D eigenvalue weighted by Gasteiger charge is 2.67. The summed E-state index contributed by atoms with van der Waals surface area (Å²) in [6.45, 7) is 15.3. The molecule has 0 aromatic heterocycles. The van der Waals surface area contributed by atoms with E-state index in [1.165, 1.54) is 13.8 Å². The molecule has 0 amide bonds. The van der Waals surface area contributed by atoms with E-state index in [4.69, 9.17) is 4.74 Å². The predicted octanol–water partition coefficient (Wildman–Crippen LogP) is 5.02. The highest BCUT2D eigenvalue weighted by Crippen LogP contribution is 2.73. The number of carbonyl (C=O) groups excluding carboxylic acids is 1. The largest absolute Gasteiger partial charge is 0.463 e. The molecule has 0 radical (unpaired) electrons. The molecule has 198 valence electrons. The Hall–Kier alpha value is -0.910. The van der Waals surface area contributed by atoms with Crippen LogP contribution in [0.5, 0.6) is 0 Å². The Kier molecular flexibility index (Phi) is 5.56. The molecule has 3 saturated carbocycles. The number of ether oxygens (including phenoxy) is 1. The lowest BCUT2D eigenvalue weighted by atomic mass is 9.41. The summed E-state index contributed by atoms with van der Waals surface area (Å²) >= 11 is 0. The van der Waals surface area contributed by atoms with Gasteiger partial charge in [-0.2, -0.15) is 0 Å². The third kappa shape index (κ3) is 3.19. The molecule has 0 aromatic carbocycles. The number of hydrogen-bond acceptors (Lipinski definition) is 5. The summed E-state index contributed by atoms with van der Waals surface area (Å²) in [5, 5.41) is 32.7. The molecule has 5 heteroatoms. The topological polar surface area (TPSA) is 87.0 Å². The number of aliphatic hydroxyl groups excluding tert-OH is 1. The van der Waals surface area contributed by atoms with Crippen LogP contribution in [0.1, 0.15) is 99.8 Å². The molecule has 4 aliphatic carbocycles. The van der Waals surface area contributed by atoms with E-state index in [9.17, 15) is 20.1 Å². The number of cyclic esters (lactones) is 1. The molecule has 35 heavy (non-hydrogen) atoms. The fraction of sp³-hybridized carbons (Fsp3) is 0.900. The second-order valence-corrected chi connectivity index (χ2v) is 14.8. The Labute approximate surface area is 211 Å². The van der Waals surface area contributed by atoms with Crippen LogP contribution < -0.4 is 0 Å². The van der Waals surface area contributed by atoms with Crippen molar-refractivity contribution in [2.75, 3.05) is 6.61 Å². The zero-order chi connectivity index (χ0) is 25.8. The van der Waals surface area contributed by atoms with Gasteiger partial charge in [-0.15, -0.1) is 0 Å². The van der Waals surface area contributed by atoms with Crippen molar-refractivity contribution in [3.8, 4) is 0 Å². The quantitative estimate of drug-likeness (QED) is 0.375. The summed E-state index contributed by atoms with van der Waals surface area (Å²) in [6, 6.07) is 0. The Morgan fingerprint density at radius 1 is 1.03 bits per heavy atom. The van der Waals surface area contributed by atoms with Crippen molar-refractivity contribution in [3.05, 3.63) is 11.6 Å². The maximum absolute atomic E-state index is 12.5. The lowest BCUT2D eigenvalue weighted by Crippen LogP contribution is -2.62. The van der Waals surface area contributed by atoms with Crippen LogP contribution in [0.25, 0.3) is 0 Å². The minimum absolute atomic E-state index is 0.0452. The molecule has 9 unspecified atom stereocenters. The summed E-state index contributed by atoms with van der Waals surface area (Å²) in [5.41, 5.74) is -1.46. The van der Waals surface area contributed by atoms with E-state index in [1.807, 2.05) is 0 Å². The first kappa shape index (κ1) is 25.7. The molecule has 5 aliphatic rings. The molecule has 5 rings (SSSR count). The predicted molar refractivity (Wildman–Crippen MR) is 135 cm³/mol. The number of hydrogen-bond donors (Lipinski definition) is 3. The van der Waals surface area contributed by atoms with Gasteiger partial charge in [-0.25, -0.2) is 4.79 Å². The number of esters is 1. The van der Waals surface area contributed by atoms with Crippen molar-refractivity contribution in [2.24, 2.45) is 45.3 Å². The smallest absolute Gasteiger partial charge is 0.341 e. The molecule has 1 heterocycles. The molecular weight excluding hydrogens is 440 g/mol. The minimum atomic E-state index is -1.86. The summed E-state index contributed by atoms with van der Waals surface area (Å²) in [6.07, 6.45) is 10.1. The summed E-state index contributed by atoms with van der Waals surface area (Å²) < 4.78 is 5.54. The lowest BCUT2D eigenvalue weighted by Gasteiger charge is -2.64. The van der Waals surface area contributed by atoms with Crippen molar-refractivity contribution in [2.45, 2.75) is 117 Å². The fourth-order valence-electron chi connectivity index (χ4n) is 10.1. The van der Waals surface area contributed by atoms with Gasteiger partial charge < -0.3 is 20.1 Å². The van der Waals surface area contributed by atoms with Crippen LogP contribution in [0.4, 0.5) is 0 Å². The molecule has 1 aliphatic heterocycles. The average Bonchev–Trinajstić information content (AvgIpc) is 3.04. The molecule has 9 atom stereocenters. The van der Waals surface area contributed by atoms with Gasteiger partial charge in [0.15, 0.2) is 5.60 Å². The van der Waals surface area contributed by atoms with Crippen LogP contribution >= 0.6 is 0 Å². The summed E-state index contributed by atoms with van der Waals surface area (Å²) in [4.78, 5) is 12.5. The third-order valence-electron chi connectivity index (χ3n) is 12.8. The van der Waals surface area contributed by atoms with Crippen LogP contribution in [-0.4, -0.2) is 45.2 Å². The number of aliphatic hydroxyl groups is 3. The van der Waals surface area contributed by atoms with Crippen LogP contribution in [0.15, 0.2) is 11.6 Å². The number of carbonyl (C=O) groups is 1. The van der Waals surface area contributed by atoms with Gasteiger partial charge in [0.2, 0.25) is 0 Å². The van der Waals surface area contributed by atoms with Gasteiger partial charge in [0, 0.05) is 0 Å². The molecule has 0 spiro atoms. The van der Waals surface area contributed by atoms with E-state index in [-0.39, 0.29) is 40.1 Å². The minimum Gasteiger partial charge on any atom is -0.463 e. The fourth-order valence-corrected chi connectivity index (χ4v) is 10.1. The first-order valence-electron chi connectivity index (χ1n) is 14.0. The van der Waals surface area contributed by atoms with E-state index in [1.54, 1.807) is 5.57 Å². The van der Waals surface area contributed by atoms with E-state index in [2.05, 4.69) is 40.7 Å². The van der Waals surface area contributed by atoms with Gasteiger partial charge >= 0.3 is 5.97 Å². The second-order valence-electron chi connectivity index (χ2n) is 14.8. The standard InChI is InChI=1S/C30H48O5/c1-25(2)22-9-8-21-20(27(22,5)13-12-23(25)31)11-15-28(6)19(10-14-29(21,28)7)18-16-30(34,26(3,4)33)24(32)35-17-18/h8,18-20,22-23,31,33-34H,9-17H2,1-7H3. The molecule has 4 fully saturated rings. The molecule has 0 bridgehead atoms. The highest BCUT2D eigenvalue weighted by molar-refractivity contribution is 5.81. The zero-order valence-electron chi connectivity index (χ0n) is 23.0. The van der Waals surface area contributed by atoms with Crippen molar-refractivity contribution >= 4 is 5.97 Å². The third-order valence-corrected chi connectivity index (χ3v) is 12.8. The summed E-state index contributed by atoms with van der Waals surface area (Å²) in [5.74, 6) is 0.752. The first-order valence-corrected chi connectivity index (χ1v) is 14.0. The molecule has 3 N–H and O–H groups in total. The zero-order valence-corrected chi connectivity index (χ0v) is 23.0. The number of rotatable bonds is 2. The van der Waals surface area contributed by atoms with Gasteiger partial charge in [-0.3, -0.25) is 0 Å². The monoisotopic (exact) mass is 488 g/mol. The first-order chi connectivity index (χ1) is 16.0. The van der Waals surface area contributed by atoms with E-state index in [0.29, 0.717) is 24.4 Å². The molecule has 1 saturated heterocycles. The molecule has 5 nitrogen and oxygen atoms in total. The van der Waals surface area contributed by atoms with Crippen molar-refractivity contribution < 1.29 is 24.9 Å². The maximum Gasteiger partial charge on any atom is 0.341 e. The van der Waals surface area contributed by atoms with Crippen LogP contribution in [0, 0.1) is 45.3 Å². The molecule has 0 aromatic rings. The lowest BCUT2D eigenvalue weighted by molar-refractivity contribution is -0.215. The normalized spacial score (nSPS) is 51.5. The van der Waals surface area contributed by atoms with Crippen molar-refractivity contribution in [3.63, 3.8) is 0 Å². The maximum atomic E-state index is 12.5.